The van der Waals surface area contributed by atoms with E-state index in [4.69, 9.17) is 6.42 Å². The van der Waals surface area contributed by atoms with Crippen LogP contribution in [0.15, 0.2) is 24.3 Å². The number of hydrogen-bond acceptors (Lipinski definition) is 1. The highest BCUT2D eigenvalue weighted by atomic mass is 14.9. The van der Waals surface area contributed by atoms with Gasteiger partial charge in [0.2, 0.25) is 0 Å². The number of rotatable bonds is 5. The molecular weight excluding hydrogens is 182 g/mol. The van der Waals surface area contributed by atoms with Crippen molar-refractivity contribution in [2.24, 2.45) is 0 Å². The van der Waals surface area contributed by atoms with Gasteiger partial charge in [0.1, 0.15) is 0 Å². The van der Waals surface area contributed by atoms with E-state index in [0.717, 1.165) is 19.4 Å². The minimum atomic E-state index is 0.204. The van der Waals surface area contributed by atoms with Crippen LogP contribution >= 0.6 is 0 Å². The van der Waals surface area contributed by atoms with E-state index < -0.39 is 0 Å². The molecule has 1 heteroatoms. The van der Waals surface area contributed by atoms with Gasteiger partial charge < -0.3 is 0 Å². The maximum atomic E-state index is 5.44. The second-order valence-electron chi connectivity index (χ2n) is 3.88. The molecule has 1 N–H and O–H groups in total. The summed E-state index contributed by atoms with van der Waals surface area (Å²) in [6.07, 6.45) is 7.61. The van der Waals surface area contributed by atoms with Crippen LogP contribution in [0.3, 0.4) is 0 Å². The van der Waals surface area contributed by atoms with Crippen molar-refractivity contribution in [1.82, 2.24) is 5.32 Å². The van der Waals surface area contributed by atoms with E-state index in [0.29, 0.717) is 0 Å². The van der Waals surface area contributed by atoms with Crippen molar-refractivity contribution in [3.05, 3.63) is 35.4 Å². The van der Waals surface area contributed by atoms with Crippen molar-refractivity contribution in [2.45, 2.75) is 39.3 Å². The molecule has 1 atom stereocenters. The molecule has 0 aliphatic heterocycles. The SMILES string of the molecule is C#CC(CCC)NCc1cccc(C)c1. The summed E-state index contributed by atoms with van der Waals surface area (Å²) in [5.41, 5.74) is 2.59. The molecule has 1 aromatic carbocycles. The molecular formula is C14H19N. The molecule has 1 nitrogen and oxygen atoms in total. The average molecular weight is 201 g/mol. The molecule has 0 saturated carbocycles. The topological polar surface area (TPSA) is 12.0 Å². The summed E-state index contributed by atoms with van der Waals surface area (Å²) in [5.74, 6) is 2.78. The number of terminal acetylenes is 1. The molecule has 0 radical (unpaired) electrons. The molecule has 0 bridgehead atoms. The van der Waals surface area contributed by atoms with Gasteiger partial charge in [-0.25, -0.2) is 0 Å². The highest BCUT2D eigenvalue weighted by molar-refractivity contribution is 5.22. The number of benzene rings is 1. The third kappa shape index (κ3) is 4.18. The molecule has 1 rings (SSSR count). The van der Waals surface area contributed by atoms with Gasteiger partial charge in [-0.2, -0.15) is 0 Å². The maximum Gasteiger partial charge on any atom is 0.0689 e. The highest BCUT2D eigenvalue weighted by Crippen LogP contribution is 2.04. The average Bonchev–Trinajstić information content (AvgIpc) is 2.24. The number of nitrogens with one attached hydrogen (secondary N) is 1. The van der Waals surface area contributed by atoms with Crippen LogP contribution in [0.4, 0.5) is 0 Å². The Labute approximate surface area is 92.9 Å². The summed E-state index contributed by atoms with van der Waals surface area (Å²) in [6, 6.07) is 8.70. The van der Waals surface area contributed by atoms with E-state index in [1.807, 2.05) is 0 Å². The monoisotopic (exact) mass is 201 g/mol. The van der Waals surface area contributed by atoms with Gasteiger partial charge in [-0.1, -0.05) is 49.1 Å². The van der Waals surface area contributed by atoms with E-state index in [2.05, 4.69) is 49.4 Å². The Hall–Kier alpha value is -1.26. The van der Waals surface area contributed by atoms with E-state index in [1.165, 1.54) is 11.1 Å². The first-order chi connectivity index (χ1) is 7.26. The van der Waals surface area contributed by atoms with Gasteiger partial charge >= 0.3 is 0 Å². The lowest BCUT2D eigenvalue weighted by molar-refractivity contribution is 0.563. The first-order valence-corrected chi connectivity index (χ1v) is 5.51. The van der Waals surface area contributed by atoms with Crippen molar-refractivity contribution >= 4 is 0 Å². The molecule has 0 aliphatic rings. The van der Waals surface area contributed by atoms with Gasteiger partial charge in [-0.15, -0.1) is 6.42 Å². The Kier molecular flexibility index (Phi) is 4.93. The predicted octanol–water partition coefficient (Wildman–Crippen LogP) is 2.89. The Morgan fingerprint density at radius 3 is 2.87 bits per heavy atom. The summed E-state index contributed by atoms with van der Waals surface area (Å²) in [6.45, 7) is 5.11. The molecule has 0 aliphatic carbocycles. The number of aryl methyl sites for hydroxylation is 1. The van der Waals surface area contributed by atoms with Crippen molar-refractivity contribution < 1.29 is 0 Å². The Morgan fingerprint density at radius 2 is 2.27 bits per heavy atom. The maximum absolute atomic E-state index is 5.44. The zero-order valence-corrected chi connectivity index (χ0v) is 9.59. The normalized spacial score (nSPS) is 12.1. The molecule has 1 unspecified atom stereocenters. The summed E-state index contributed by atoms with van der Waals surface area (Å²) >= 11 is 0. The molecule has 1 aromatic rings. The van der Waals surface area contributed by atoms with Crippen molar-refractivity contribution in [2.75, 3.05) is 0 Å². The van der Waals surface area contributed by atoms with Crippen LogP contribution in [0.1, 0.15) is 30.9 Å². The zero-order valence-electron chi connectivity index (χ0n) is 9.59. The molecule has 0 fully saturated rings. The molecule has 0 saturated heterocycles. The fraction of sp³-hybridized carbons (Fsp3) is 0.429. The van der Waals surface area contributed by atoms with Crippen LogP contribution in [0.25, 0.3) is 0 Å². The molecule has 0 amide bonds. The van der Waals surface area contributed by atoms with Crippen LogP contribution in [0, 0.1) is 19.3 Å². The number of hydrogen-bond donors (Lipinski definition) is 1. The van der Waals surface area contributed by atoms with Gasteiger partial charge in [0, 0.05) is 6.54 Å². The van der Waals surface area contributed by atoms with Crippen molar-refractivity contribution in [3.63, 3.8) is 0 Å². The van der Waals surface area contributed by atoms with E-state index in [-0.39, 0.29) is 6.04 Å². The van der Waals surface area contributed by atoms with Crippen LogP contribution in [0.2, 0.25) is 0 Å². The van der Waals surface area contributed by atoms with Gasteiger partial charge in [0.25, 0.3) is 0 Å². The van der Waals surface area contributed by atoms with Gasteiger partial charge in [-0.3, -0.25) is 5.32 Å². The van der Waals surface area contributed by atoms with Gasteiger partial charge in [-0.05, 0) is 18.9 Å². The van der Waals surface area contributed by atoms with E-state index in [1.54, 1.807) is 0 Å². The molecule has 0 heterocycles. The van der Waals surface area contributed by atoms with E-state index in [9.17, 15) is 0 Å². The summed E-state index contributed by atoms with van der Waals surface area (Å²) in [5, 5.41) is 3.38. The largest absolute Gasteiger partial charge is 0.300 e. The lowest BCUT2D eigenvalue weighted by atomic mass is 10.1. The molecule has 15 heavy (non-hydrogen) atoms. The first kappa shape index (κ1) is 11.8. The Balaban J connectivity index is 2.46. The van der Waals surface area contributed by atoms with Crippen LogP contribution in [-0.4, -0.2) is 6.04 Å². The van der Waals surface area contributed by atoms with Crippen LogP contribution in [0.5, 0.6) is 0 Å². The van der Waals surface area contributed by atoms with Gasteiger partial charge in [0.15, 0.2) is 0 Å². The minimum Gasteiger partial charge on any atom is -0.300 e. The lowest BCUT2D eigenvalue weighted by Gasteiger charge is -2.12. The lowest BCUT2D eigenvalue weighted by Crippen LogP contribution is -2.26. The summed E-state index contributed by atoms with van der Waals surface area (Å²) < 4.78 is 0. The van der Waals surface area contributed by atoms with Crippen LogP contribution < -0.4 is 5.32 Å². The predicted molar refractivity (Wildman–Crippen MR) is 65.5 cm³/mol. The quantitative estimate of drug-likeness (QED) is 0.722. The van der Waals surface area contributed by atoms with Crippen molar-refractivity contribution in [3.8, 4) is 12.3 Å². The molecule has 0 aromatic heterocycles. The highest BCUT2D eigenvalue weighted by Gasteiger charge is 2.02. The smallest absolute Gasteiger partial charge is 0.0689 e. The standard InChI is InChI=1S/C14H19N/c1-4-7-14(5-2)15-11-13-9-6-8-12(3)10-13/h2,6,8-10,14-15H,4,7,11H2,1,3H3. The second-order valence-corrected chi connectivity index (χ2v) is 3.88. The van der Waals surface area contributed by atoms with Crippen molar-refractivity contribution in [1.29, 1.82) is 0 Å². The van der Waals surface area contributed by atoms with E-state index >= 15 is 0 Å². The Bertz CT molecular complexity index is 335. The minimum absolute atomic E-state index is 0.204. The summed E-state index contributed by atoms with van der Waals surface area (Å²) in [7, 11) is 0. The second kappa shape index (κ2) is 6.27. The summed E-state index contributed by atoms with van der Waals surface area (Å²) in [4.78, 5) is 0. The molecule has 80 valence electrons. The van der Waals surface area contributed by atoms with Gasteiger partial charge in [0.05, 0.1) is 6.04 Å². The third-order valence-electron chi connectivity index (χ3n) is 2.41. The zero-order chi connectivity index (χ0) is 11.1. The fourth-order valence-electron chi connectivity index (χ4n) is 1.60. The molecule has 0 spiro atoms. The first-order valence-electron chi connectivity index (χ1n) is 5.51. The Morgan fingerprint density at radius 1 is 1.47 bits per heavy atom. The fourth-order valence-corrected chi connectivity index (χ4v) is 1.60. The third-order valence-corrected chi connectivity index (χ3v) is 2.41. The van der Waals surface area contributed by atoms with Crippen LogP contribution in [-0.2, 0) is 6.54 Å².